The molecular weight excluding hydrogens is 376 g/mol. The normalized spacial score (nSPS) is 16.9. The van der Waals surface area contributed by atoms with Gasteiger partial charge in [0.05, 0.1) is 33.2 Å². The Kier molecular flexibility index (Phi) is 6.02. The molecule has 0 aliphatic carbocycles. The molecule has 1 saturated heterocycles. The number of piperazine rings is 1. The average Bonchev–Trinajstić information content (AvgIpc) is 2.78. The number of carbonyl (C=O) groups is 1. The van der Waals surface area contributed by atoms with Gasteiger partial charge in [0.15, 0.2) is 0 Å². The van der Waals surface area contributed by atoms with Gasteiger partial charge < -0.3 is 19.2 Å². The summed E-state index contributed by atoms with van der Waals surface area (Å²) in [5, 5.41) is 12.9. The van der Waals surface area contributed by atoms with Gasteiger partial charge in [-0.1, -0.05) is 48.5 Å². The van der Waals surface area contributed by atoms with E-state index >= 15 is 0 Å². The zero-order valence-corrected chi connectivity index (χ0v) is 17.4. The van der Waals surface area contributed by atoms with Crippen molar-refractivity contribution in [2.75, 3.05) is 46.4 Å². The van der Waals surface area contributed by atoms with Gasteiger partial charge in [0.1, 0.15) is 25.0 Å². The number of amides is 1. The molecule has 1 unspecified atom stereocenters. The van der Waals surface area contributed by atoms with Crippen LogP contribution in [0.15, 0.2) is 72.8 Å². The number of aliphatic hydroxyl groups is 1. The van der Waals surface area contributed by atoms with E-state index in [1.165, 1.54) is 5.39 Å². The highest BCUT2D eigenvalue weighted by molar-refractivity contribution is 5.94. The van der Waals surface area contributed by atoms with Crippen molar-refractivity contribution in [1.82, 2.24) is 4.90 Å². The maximum atomic E-state index is 12.6. The lowest BCUT2D eigenvalue weighted by Crippen LogP contribution is -2.60. The smallest absolute Gasteiger partial charge is 0.254 e. The van der Waals surface area contributed by atoms with E-state index in [0.29, 0.717) is 19.6 Å². The van der Waals surface area contributed by atoms with Gasteiger partial charge in [0.25, 0.3) is 5.91 Å². The Hall–Kier alpha value is -2.89. The third-order valence-corrected chi connectivity index (χ3v) is 5.94. The topological polar surface area (TPSA) is 49.8 Å². The summed E-state index contributed by atoms with van der Waals surface area (Å²) in [6.45, 7) is 3.92. The van der Waals surface area contributed by atoms with E-state index in [4.69, 9.17) is 4.74 Å². The van der Waals surface area contributed by atoms with E-state index < -0.39 is 6.10 Å². The molecule has 1 heterocycles. The van der Waals surface area contributed by atoms with E-state index in [9.17, 15) is 9.90 Å². The second-order valence-corrected chi connectivity index (χ2v) is 8.38. The third-order valence-electron chi connectivity index (χ3n) is 5.94. The summed E-state index contributed by atoms with van der Waals surface area (Å²) in [6, 6.07) is 23.6. The van der Waals surface area contributed by atoms with Crippen molar-refractivity contribution in [2.45, 2.75) is 6.10 Å². The highest BCUT2D eigenvalue weighted by Crippen LogP contribution is 2.21. The number of likely N-dealkylation sites (N-methyl/N-ethyl adjacent to an activating group) is 1. The predicted octanol–water partition coefficient (Wildman–Crippen LogP) is 3.18. The lowest BCUT2D eigenvalue weighted by molar-refractivity contribution is -0.916. The number of hydrogen-bond acceptors (Lipinski definition) is 3. The fourth-order valence-electron chi connectivity index (χ4n) is 4.11. The van der Waals surface area contributed by atoms with Gasteiger partial charge in [0, 0.05) is 5.56 Å². The Balaban J connectivity index is 1.28. The molecule has 4 rings (SSSR count). The fourth-order valence-corrected chi connectivity index (χ4v) is 4.11. The number of fused-ring (bicyclic) bond motifs is 1. The molecule has 156 valence electrons. The van der Waals surface area contributed by atoms with Gasteiger partial charge in [-0.25, -0.2) is 0 Å². The van der Waals surface area contributed by atoms with Gasteiger partial charge in [-0.15, -0.1) is 0 Å². The fraction of sp³-hybridized carbons (Fsp3) is 0.320. The zero-order valence-electron chi connectivity index (χ0n) is 17.4. The first kappa shape index (κ1) is 20.4. The van der Waals surface area contributed by atoms with Crippen LogP contribution in [-0.2, 0) is 0 Å². The summed E-state index contributed by atoms with van der Waals surface area (Å²) in [7, 11) is 2.14. The summed E-state index contributed by atoms with van der Waals surface area (Å²) in [5.74, 6) is 0.857. The minimum atomic E-state index is -0.558. The van der Waals surface area contributed by atoms with Crippen LogP contribution in [0.2, 0.25) is 0 Å². The Morgan fingerprint density at radius 2 is 1.67 bits per heavy atom. The maximum absolute atomic E-state index is 12.6. The number of aliphatic hydroxyl groups excluding tert-OH is 1. The zero-order chi connectivity index (χ0) is 21.0. The highest BCUT2D eigenvalue weighted by Gasteiger charge is 2.33. The minimum absolute atomic E-state index is 0.0852. The second-order valence-electron chi connectivity index (χ2n) is 8.38. The van der Waals surface area contributed by atoms with Crippen LogP contribution in [0.1, 0.15) is 10.4 Å². The summed E-state index contributed by atoms with van der Waals surface area (Å²) >= 11 is 0. The van der Waals surface area contributed by atoms with Gasteiger partial charge >= 0.3 is 0 Å². The van der Waals surface area contributed by atoms with Crippen molar-refractivity contribution in [3.8, 4) is 5.75 Å². The number of ether oxygens (including phenoxy) is 1. The molecule has 3 aromatic rings. The quantitative estimate of drug-likeness (QED) is 0.641. The van der Waals surface area contributed by atoms with Crippen molar-refractivity contribution in [3.63, 3.8) is 0 Å². The SMILES string of the molecule is C[N+]1(CC(O)COc2ccc3ccccc3c2)CCN(C(=O)c2ccccc2)CC1. The minimum Gasteiger partial charge on any atom is -0.491 e. The van der Waals surface area contributed by atoms with Crippen molar-refractivity contribution < 1.29 is 19.1 Å². The number of carbonyl (C=O) groups excluding carboxylic acids is 1. The highest BCUT2D eigenvalue weighted by atomic mass is 16.5. The second kappa shape index (κ2) is 8.86. The molecule has 0 aromatic heterocycles. The van der Waals surface area contributed by atoms with Crippen LogP contribution in [0.3, 0.4) is 0 Å². The number of hydrogen-bond donors (Lipinski definition) is 1. The van der Waals surface area contributed by atoms with E-state index in [0.717, 1.165) is 34.3 Å². The van der Waals surface area contributed by atoms with Gasteiger partial charge in [0.2, 0.25) is 0 Å². The van der Waals surface area contributed by atoms with E-state index in [1.54, 1.807) is 0 Å². The summed E-state index contributed by atoms with van der Waals surface area (Å²) in [4.78, 5) is 14.5. The van der Waals surface area contributed by atoms with Crippen LogP contribution in [0.5, 0.6) is 5.75 Å². The van der Waals surface area contributed by atoms with Crippen LogP contribution in [0, 0.1) is 0 Å². The molecule has 3 aromatic carbocycles. The summed E-state index contributed by atoms with van der Waals surface area (Å²) < 4.78 is 6.59. The van der Waals surface area contributed by atoms with Crippen LogP contribution < -0.4 is 4.74 Å². The average molecular weight is 406 g/mol. The molecule has 0 radical (unpaired) electrons. The predicted molar refractivity (Wildman–Crippen MR) is 119 cm³/mol. The first-order valence-corrected chi connectivity index (χ1v) is 10.5. The summed E-state index contributed by atoms with van der Waals surface area (Å²) in [5.41, 5.74) is 0.734. The third kappa shape index (κ3) is 4.81. The molecule has 1 fully saturated rings. The number of benzene rings is 3. The molecule has 0 saturated carbocycles. The lowest BCUT2D eigenvalue weighted by atomic mass is 10.1. The van der Waals surface area contributed by atoms with Crippen molar-refractivity contribution in [2.24, 2.45) is 0 Å². The standard InChI is InChI=1S/C25H29N2O3/c1-27(15-13-26(14-16-27)25(29)21-8-3-2-4-9-21)18-23(28)19-30-24-12-11-20-7-5-6-10-22(20)17-24/h2-12,17,23,28H,13-16,18-19H2,1H3/q+1. The Labute approximate surface area is 177 Å². The van der Waals surface area contributed by atoms with Gasteiger partial charge in [-0.2, -0.15) is 0 Å². The molecule has 1 amide bonds. The maximum Gasteiger partial charge on any atom is 0.254 e. The van der Waals surface area contributed by atoms with E-state index in [2.05, 4.69) is 19.2 Å². The molecule has 5 nitrogen and oxygen atoms in total. The molecule has 1 atom stereocenters. The molecule has 1 aliphatic heterocycles. The molecule has 30 heavy (non-hydrogen) atoms. The monoisotopic (exact) mass is 405 g/mol. The van der Waals surface area contributed by atoms with Crippen LogP contribution in [0.25, 0.3) is 10.8 Å². The van der Waals surface area contributed by atoms with E-state index in [1.807, 2.05) is 65.6 Å². The van der Waals surface area contributed by atoms with Crippen LogP contribution >= 0.6 is 0 Å². The van der Waals surface area contributed by atoms with E-state index in [-0.39, 0.29) is 12.5 Å². The first-order chi connectivity index (χ1) is 14.5. The molecule has 1 N–H and O–H groups in total. The van der Waals surface area contributed by atoms with Crippen molar-refractivity contribution in [3.05, 3.63) is 78.4 Å². The van der Waals surface area contributed by atoms with Gasteiger partial charge in [-0.3, -0.25) is 4.79 Å². The number of rotatable bonds is 6. The molecule has 0 bridgehead atoms. The number of quaternary nitrogens is 1. The molecule has 1 aliphatic rings. The van der Waals surface area contributed by atoms with Crippen molar-refractivity contribution in [1.29, 1.82) is 0 Å². The summed E-state index contributed by atoms with van der Waals surface area (Å²) in [6.07, 6.45) is -0.558. The lowest BCUT2D eigenvalue weighted by Gasteiger charge is -2.42. The Morgan fingerprint density at radius 1 is 1.00 bits per heavy atom. The van der Waals surface area contributed by atoms with Crippen LogP contribution in [0.4, 0.5) is 0 Å². The Morgan fingerprint density at radius 3 is 2.40 bits per heavy atom. The molecular formula is C25H29N2O3+. The molecule has 0 spiro atoms. The molecule has 5 heteroatoms. The Bertz CT molecular complexity index is 997. The van der Waals surface area contributed by atoms with Crippen LogP contribution in [-0.4, -0.2) is 72.9 Å². The largest absolute Gasteiger partial charge is 0.491 e. The first-order valence-electron chi connectivity index (χ1n) is 10.5. The van der Waals surface area contributed by atoms with Crippen molar-refractivity contribution >= 4 is 16.7 Å². The van der Waals surface area contributed by atoms with Gasteiger partial charge in [-0.05, 0) is 35.0 Å². The number of nitrogens with zero attached hydrogens (tertiary/aromatic N) is 2.